The summed E-state index contributed by atoms with van der Waals surface area (Å²) in [4.78, 5) is 29.3. The van der Waals surface area contributed by atoms with Gasteiger partial charge in [0.1, 0.15) is 17.8 Å². The Morgan fingerprint density at radius 1 is 1.32 bits per heavy atom. The highest BCUT2D eigenvalue weighted by Gasteiger charge is 2.24. The zero-order valence-corrected chi connectivity index (χ0v) is 12.0. The lowest BCUT2D eigenvalue weighted by molar-refractivity contribution is 0.0687. The molecular formula is C13H17N5O4. The quantitative estimate of drug-likeness (QED) is 0.444. The molecule has 0 aliphatic heterocycles. The number of carboxylic acids is 2. The molecule has 0 radical (unpaired) electrons. The lowest BCUT2D eigenvalue weighted by Crippen LogP contribution is -2.19. The standard InChI is InChI=1S/C13H17N5O4/c1-2-7-10(12(19)20)8(17-11(7)13(21)22)5-14-4-3-9-15-6-16-18-9/h6,14,17H,2-5H2,1H3,(H,19,20)(H,21,22)(H,15,16,18). The van der Waals surface area contributed by atoms with Gasteiger partial charge in [0.05, 0.1) is 5.56 Å². The number of aromatic carboxylic acids is 2. The zero-order valence-electron chi connectivity index (χ0n) is 12.0. The lowest BCUT2D eigenvalue weighted by atomic mass is 10.1. The molecule has 2 aromatic rings. The van der Waals surface area contributed by atoms with Crippen LogP contribution < -0.4 is 5.32 Å². The van der Waals surface area contributed by atoms with Crippen molar-refractivity contribution in [3.05, 3.63) is 34.7 Å². The fraction of sp³-hybridized carbons (Fsp3) is 0.385. The lowest BCUT2D eigenvalue weighted by Gasteiger charge is -2.04. The Morgan fingerprint density at radius 3 is 2.64 bits per heavy atom. The molecule has 9 nitrogen and oxygen atoms in total. The maximum absolute atomic E-state index is 11.4. The molecular weight excluding hydrogens is 290 g/mol. The van der Waals surface area contributed by atoms with Crippen molar-refractivity contribution in [2.75, 3.05) is 6.54 Å². The Bertz CT molecular complexity index is 662. The van der Waals surface area contributed by atoms with Crippen LogP contribution in [0.1, 0.15) is 44.9 Å². The van der Waals surface area contributed by atoms with Crippen molar-refractivity contribution in [3.63, 3.8) is 0 Å². The second kappa shape index (κ2) is 6.85. The smallest absolute Gasteiger partial charge is 0.352 e. The van der Waals surface area contributed by atoms with E-state index in [-0.39, 0.29) is 17.8 Å². The minimum absolute atomic E-state index is 0.0343. The third-order valence-electron chi connectivity index (χ3n) is 3.27. The Hall–Kier alpha value is -2.68. The highest BCUT2D eigenvalue weighted by Crippen LogP contribution is 2.20. The largest absolute Gasteiger partial charge is 0.478 e. The average Bonchev–Trinajstić information content (AvgIpc) is 3.10. The van der Waals surface area contributed by atoms with Crippen molar-refractivity contribution in [2.45, 2.75) is 26.3 Å². The summed E-state index contributed by atoms with van der Waals surface area (Å²) in [6.07, 6.45) is 2.35. The topological polar surface area (TPSA) is 144 Å². The van der Waals surface area contributed by atoms with E-state index in [1.165, 1.54) is 6.33 Å². The van der Waals surface area contributed by atoms with E-state index in [1.807, 2.05) is 0 Å². The summed E-state index contributed by atoms with van der Waals surface area (Å²) in [6, 6.07) is 0. The van der Waals surface area contributed by atoms with Crippen LogP contribution in [0.2, 0.25) is 0 Å². The number of H-pyrrole nitrogens is 2. The molecule has 0 spiro atoms. The minimum atomic E-state index is -1.16. The normalized spacial score (nSPS) is 10.8. The van der Waals surface area contributed by atoms with Gasteiger partial charge in [0, 0.05) is 25.2 Å². The monoisotopic (exact) mass is 307 g/mol. The Labute approximate surface area is 125 Å². The van der Waals surface area contributed by atoms with Crippen LogP contribution in [0.3, 0.4) is 0 Å². The fourth-order valence-corrected chi connectivity index (χ4v) is 2.29. The first kappa shape index (κ1) is 15.7. The van der Waals surface area contributed by atoms with Crippen molar-refractivity contribution >= 4 is 11.9 Å². The SMILES string of the molecule is CCc1c(C(=O)O)[nH]c(CNCCc2ncn[nH]2)c1C(=O)O. The van der Waals surface area contributed by atoms with E-state index < -0.39 is 11.9 Å². The highest BCUT2D eigenvalue weighted by molar-refractivity contribution is 5.97. The molecule has 0 saturated carbocycles. The number of carbonyl (C=O) groups is 2. The number of hydrogen-bond acceptors (Lipinski definition) is 5. The molecule has 0 aliphatic rings. The summed E-state index contributed by atoms with van der Waals surface area (Å²) in [5.41, 5.74) is 0.644. The van der Waals surface area contributed by atoms with Gasteiger partial charge < -0.3 is 20.5 Å². The molecule has 0 aliphatic carbocycles. The van der Waals surface area contributed by atoms with Crippen LogP contribution in [0.15, 0.2) is 6.33 Å². The summed E-state index contributed by atoms with van der Waals surface area (Å²) >= 11 is 0. The molecule has 2 rings (SSSR count). The minimum Gasteiger partial charge on any atom is -0.478 e. The summed E-state index contributed by atoms with van der Waals surface area (Å²) in [7, 11) is 0. The third kappa shape index (κ3) is 3.31. The van der Waals surface area contributed by atoms with Crippen LogP contribution in [-0.4, -0.2) is 48.9 Å². The molecule has 9 heteroatoms. The molecule has 0 bridgehead atoms. The van der Waals surface area contributed by atoms with Crippen molar-refractivity contribution < 1.29 is 19.8 Å². The molecule has 0 aromatic carbocycles. The van der Waals surface area contributed by atoms with Crippen LogP contribution in [0.25, 0.3) is 0 Å². The molecule has 0 fully saturated rings. The van der Waals surface area contributed by atoms with Crippen LogP contribution in [0.5, 0.6) is 0 Å². The predicted octanol–water partition coefficient (Wildman–Crippen LogP) is 0.424. The molecule has 2 heterocycles. The van der Waals surface area contributed by atoms with Gasteiger partial charge in [-0.1, -0.05) is 6.92 Å². The summed E-state index contributed by atoms with van der Waals surface area (Å²) in [6.45, 7) is 2.51. The third-order valence-corrected chi connectivity index (χ3v) is 3.27. The first-order valence-electron chi connectivity index (χ1n) is 6.79. The fourth-order valence-electron chi connectivity index (χ4n) is 2.29. The predicted molar refractivity (Wildman–Crippen MR) is 75.9 cm³/mol. The first-order chi connectivity index (χ1) is 10.5. The van der Waals surface area contributed by atoms with Crippen LogP contribution in [0.4, 0.5) is 0 Å². The molecule has 0 amide bonds. The van der Waals surface area contributed by atoms with Gasteiger partial charge in [0.25, 0.3) is 0 Å². The number of aromatic nitrogens is 4. The molecule has 22 heavy (non-hydrogen) atoms. The molecule has 0 saturated heterocycles. The van der Waals surface area contributed by atoms with Gasteiger partial charge in [-0.25, -0.2) is 14.6 Å². The summed E-state index contributed by atoms with van der Waals surface area (Å²) in [5, 5.41) is 28.0. The first-order valence-corrected chi connectivity index (χ1v) is 6.79. The highest BCUT2D eigenvalue weighted by atomic mass is 16.4. The number of hydrogen-bond donors (Lipinski definition) is 5. The van der Waals surface area contributed by atoms with E-state index >= 15 is 0 Å². The molecule has 118 valence electrons. The maximum atomic E-state index is 11.4. The number of rotatable bonds is 8. The molecule has 0 atom stereocenters. The molecule has 2 aromatic heterocycles. The number of aromatic amines is 2. The van der Waals surface area contributed by atoms with E-state index in [0.29, 0.717) is 30.6 Å². The van der Waals surface area contributed by atoms with Gasteiger partial charge in [-0.05, 0) is 12.0 Å². The zero-order chi connectivity index (χ0) is 16.1. The Balaban J connectivity index is 2.09. The van der Waals surface area contributed by atoms with Gasteiger partial charge in [0.2, 0.25) is 0 Å². The number of nitrogens with one attached hydrogen (secondary N) is 3. The maximum Gasteiger partial charge on any atom is 0.352 e. The Morgan fingerprint density at radius 2 is 2.09 bits per heavy atom. The van der Waals surface area contributed by atoms with Crippen molar-refractivity contribution in [1.82, 2.24) is 25.5 Å². The van der Waals surface area contributed by atoms with Crippen molar-refractivity contribution in [1.29, 1.82) is 0 Å². The van der Waals surface area contributed by atoms with Gasteiger partial charge in [-0.15, -0.1) is 0 Å². The average molecular weight is 307 g/mol. The second-order valence-corrected chi connectivity index (χ2v) is 4.65. The summed E-state index contributed by atoms with van der Waals surface area (Å²) < 4.78 is 0. The van der Waals surface area contributed by atoms with Gasteiger partial charge >= 0.3 is 11.9 Å². The van der Waals surface area contributed by atoms with Gasteiger partial charge in [-0.3, -0.25) is 5.10 Å². The van der Waals surface area contributed by atoms with Gasteiger partial charge in [-0.2, -0.15) is 5.10 Å². The van der Waals surface area contributed by atoms with Crippen molar-refractivity contribution in [2.24, 2.45) is 0 Å². The van der Waals surface area contributed by atoms with E-state index in [1.54, 1.807) is 6.92 Å². The number of carboxylic acid groups (broad SMARTS) is 2. The molecule has 0 unspecified atom stereocenters. The van der Waals surface area contributed by atoms with E-state index in [0.717, 1.165) is 5.82 Å². The van der Waals surface area contributed by atoms with Crippen LogP contribution in [-0.2, 0) is 19.4 Å². The molecule has 5 N–H and O–H groups in total. The van der Waals surface area contributed by atoms with E-state index in [9.17, 15) is 14.7 Å². The van der Waals surface area contributed by atoms with E-state index in [4.69, 9.17) is 5.11 Å². The van der Waals surface area contributed by atoms with E-state index in [2.05, 4.69) is 25.5 Å². The summed E-state index contributed by atoms with van der Waals surface area (Å²) in [5.74, 6) is -1.57. The number of nitrogens with zero attached hydrogens (tertiary/aromatic N) is 2. The van der Waals surface area contributed by atoms with Crippen LogP contribution in [0, 0.1) is 0 Å². The Kier molecular flexibility index (Phi) is 4.89. The van der Waals surface area contributed by atoms with Crippen LogP contribution >= 0.6 is 0 Å². The van der Waals surface area contributed by atoms with Gasteiger partial charge in [0.15, 0.2) is 0 Å². The van der Waals surface area contributed by atoms with Crippen molar-refractivity contribution in [3.8, 4) is 0 Å². The second-order valence-electron chi connectivity index (χ2n) is 4.65.